The standard InChI is InChI=1S/C16H31N3O/c1-18(2)16(9-5-6-10-16)14-17-13-15(20)19-11-7-3-4-8-12-19/h17H,3-14H2,1-2H3. The third kappa shape index (κ3) is 3.95. The number of amides is 1. The summed E-state index contributed by atoms with van der Waals surface area (Å²) >= 11 is 0. The van der Waals surface area contributed by atoms with Crippen LogP contribution in [0.3, 0.4) is 0 Å². The van der Waals surface area contributed by atoms with E-state index >= 15 is 0 Å². The molecule has 4 heteroatoms. The van der Waals surface area contributed by atoms with E-state index in [1.54, 1.807) is 0 Å². The molecule has 0 aromatic carbocycles. The first-order valence-electron chi connectivity index (χ1n) is 8.30. The van der Waals surface area contributed by atoms with Crippen LogP contribution in [0.25, 0.3) is 0 Å². The number of hydrogen-bond acceptors (Lipinski definition) is 3. The molecule has 0 spiro atoms. The van der Waals surface area contributed by atoms with Gasteiger partial charge in [-0.05, 0) is 39.8 Å². The van der Waals surface area contributed by atoms with Crippen LogP contribution < -0.4 is 5.32 Å². The summed E-state index contributed by atoms with van der Waals surface area (Å²) in [5.41, 5.74) is 0.277. The topological polar surface area (TPSA) is 35.6 Å². The summed E-state index contributed by atoms with van der Waals surface area (Å²) in [4.78, 5) is 16.7. The molecule has 0 unspecified atom stereocenters. The van der Waals surface area contributed by atoms with Gasteiger partial charge >= 0.3 is 0 Å². The van der Waals surface area contributed by atoms with E-state index in [0.717, 1.165) is 19.6 Å². The average Bonchev–Trinajstić information content (AvgIpc) is 2.74. The van der Waals surface area contributed by atoms with Crippen LogP contribution in [0.1, 0.15) is 51.4 Å². The molecule has 1 heterocycles. The number of nitrogens with one attached hydrogen (secondary N) is 1. The lowest BCUT2D eigenvalue weighted by Gasteiger charge is -2.36. The van der Waals surface area contributed by atoms with Gasteiger partial charge < -0.3 is 15.1 Å². The van der Waals surface area contributed by atoms with Crippen LogP contribution in [0.5, 0.6) is 0 Å². The molecule has 0 radical (unpaired) electrons. The molecule has 0 atom stereocenters. The van der Waals surface area contributed by atoms with E-state index in [1.165, 1.54) is 51.4 Å². The Bertz CT molecular complexity index is 303. The molecule has 20 heavy (non-hydrogen) atoms. The van der Waals surface area contributed by atoms with Gasteiger partial charge in [0.05, 0.1) is 6.54 Å². The van der Waals surface area contributed by atoms with Crippen molar-refractivity contribution in [1.29, 1.82) is 0 Å². The number of rotatable bonds is 5. The highest BCUT2D eigenvalue weighted by molar-refractivity contribution is 5.78. The molecule has 2 aliphatic rings. The van der Waals surface area contributed by atoms with Gasteiger partial charge in [0.1, 0.15) is 0 Å². The fraction of sp³-hybridized carbons (Fsp3) is 0.938. The maximum absolute atomic E-state index is 12.2. The monoisotopic (exact) mass is 281 g/mol. The van der Waals surface area contributed by atoms with Crippen LogP contribution in [0.4, 0.5) is 0 Å². The molecule has 2 rings (SSSR count). The molecule has 1 aliphatic carbocycles. The van der Waals surface area contributed by atoms with Gasteiger partial charge in [0, 0.05) is 25.2 Å². The van der Waals surface area contributed by atoms with Gasteiger partial charge in [-0.1, -0.05) is 25.7 Å². The lowest BCUT2D eigenvalue weighted by Crippen LogP contribution is -2.51. The van der Waals surface area contributed by atoms with E-state index in [4.69, 9.17) is 0 Å². The smallest absolute Gasteiger partial charge is 0.236 e. The Morgan fingerprint density at radius 3 is 2.20 bits per heavy atom. The molecule has 1 aliphatic heterocycles. The first kappa shape index (κ1) is 15.8. The molecule has 2 fully saturated rings. The van der Waals surface area contributed by atoms with Crippen molar-refractivity contribution in [2.45, 2.75) is 56.9 Å². The predicted octanol–water partition coefficient (Wildman–Crippen LogP) is 1.85. The van der Waals surface area contributed by atoms with Crippen molar-refractivity contribution in [3.8, 4) is 0 Å². The quantitative estimate of drug-likeness (QED) is 0.835. The van der Waals surface area contributed by atoms with Crippen molar-refractivity contribution < 1.29 is 4.79 Å². The van der Waals surface area contributed by atoms with Crippen molar-refractivity contribution >= 4 is 5.91 Å². The zero-order chi connectivity index (χ0) is 14.4. The Kier molecular flexibility index (Phi) is 5.85. The molecule has 116 valence electrons. The van der Waals surface area contributed by atoms with E-state index in [0.29, 0.717) is 12.5 Å². The maximum Gasteiger partial charge on any atom is 0.236 e. The highest BCUT2D eigenvalue weighted by atomic mass is 16.2. The number of likely N-dealkylation sites (N-methyl/N-ethyl adjacent to an activating group) is 1. The average molecular weight is 281 g/mol. The number of carbonyl (C=O) groups excluding carboxylic acids is 1. The zero-order valence-electron chi connectivity index (χ0n) is 13.3. The lowest BCUT2D eigenvalue weighted by atomic mass is 9.96. The minimum Gasteiger partial charge on any atom is -0.342 e. The van der Waals surface area contributed by atoms with Crippen LogP contribution in [-0.4, -0.2) is 61.5 Å². The summed E-state index contributed by atoms with van der Waals surface area (Å²) in [6.07, 6.45) is 10.1. The van der Waals surface area contributed by atoms with E-state index in [2.05, 4.69) is 29.2 Å². The molecule has 1 N–H and O–H groups in total. The van der Waals surface area contributed by atoms with Crippen molar-refractivity contribution in [2.24, 2.45) is 0 Å². The second-order valence-electron chi connectivity index (χ2n) is 6.72. The summed E-state index contributed by atoms with van der Waals surface area (Å²) in [5.74, 6) is 0.291. The van der Waals surface area contributed by atoms with Crippen molar-refractivity contribution in [3.63, 3.8) is 0 Å². The van der Waals surface area contributed by atoms with Crippen molar-refractivity contribution in [1.82, 2.24) is 15.1 Å². The van der Waals surface area contributed by atoms with Gasteiger partial charge in [-0.25, -0.2) is 0 Å². The molecule has 4 nitrogen and oxygen atoms in total. The highest BCUT2D eigenvalue weighted by Gasteiger charge is 2.35. The predicted molar refractivity (Wildman–Crippen MR) is 82.8 cm³/mol. The van der Waals surface area contributed by atoms with Gasteiger partial charge in [-0.15, -0.1) is 0 Å². The van der Waals surface area contributed by atoms with E-state index in [9.17, 15) is 4.79 Å². The first-order valence-corrected chi connectivity index (χ1v) is 8.30. The molecule has 0 aromatic heterocycles. The summed E-state index contributed by atoms with van der Waals surface area (Å²) < 4.78 is 0. The normalized spacial score (nSPS) is 23.1. The SMILES string of the molecule is CN(C)C1(CNCC(=O)N2CCCCCC2)CCCC1. The van der Waals surface area contributed by atoms with Crippen LogP contribution >= 0.6 is 0 Å². The Hall–Kier alpha value is -0.610. The molecular weight excluding hydrogens is 250 g/mol. The van der Waals surface area contributed by atoms with Gasteiger partial charge in [-0.3, -0.25) is 4.79 Å². The highest BCUT2D eigenvalue weighted by Crippen LogP contribution is 2.32. The van der Waals surface area contributed by atoms with Crippen molar-refractivity contribution in [2.75, 3.05) is 40.3 Å². The Morgan fingerprint density at radius 2 is 1.65 bits per heavy atom. The zero-order valence-corrected chi connectivity index (χ0v) is 13.3. The van der Waals surface area contributed by atoms with E-state index in [1.807, 2.05) is 0 Å². The van der Waals surface area contributed by atoms with Crippen LogP contribution in [0.2, 0.25) is 0 Å². The lowest BCUT2D eigenvalue weighted by molar-refractivity contribution is -0.130. The largest absolute Gasteiger partial charge is 0.342 e. The minimum atomic E-state index is 0.277. The third-order valence-electron chi connectivity index (χ3n) is 5.17. The fourth-order valence-corrected chi connectivity index (χ4v) is 3.65. The second kappa shape index (κ2) is 7.41. The van der Waals surface area contributed by atoms with Gasteiger partial charge in [0.2, 0.25) is 5.91 Å². The van der Waals surface area contributed by atoms with Crippen LogP contribution in [-0.2, 0) is 4.79 Å². The molecule has 0 bridgehead atoms. The minimum absolute atomic E-state index is 0.277. The number of hydrogen-bond donors (Lipinski definition) is 1. The van der Waals surface area contributed by atoms with Crippen molar-refractivity contribution in [3.05, 3.63) is 0 Å². The van der Waals surface area contributed by atoms with Crippen LogP contribution in [0, 0.1) is 0 Å². The van der Waals surface area contributed by atoms with Gasteiger partial charge in [0.25, 0.3) is 0 Å². The van der Waals surface area contributed by atoms with E-state index in [-0.39, 0.29) is 5.54 Å². The number of carbonyl (C=O) groups is 1. The second-order valence-corrected chi connectivity index (χ2v) is 6.72. The fourth-order valence-electron chi connectivity index (χ4n) is 3.65. The maximum atomic E-state index is 12.2. The third-order valence-corrected chi connectivity index (χ3v) is 5.17. The molecule has 1 saturated heterocycles. The Balaban J connectivity index is 1.75. The van der Waals surface area contributed by atoms with Gasteiger partial charge in [0.15, 0.2) is 0 Å². The summed E-state index contributed by atoms with van der Waals surface area (Å²) in [6, 6.07) is 0. The van der Waals surface area contributed by atoms with E-state index < -0.39 is 0 Å². The van der Waals surface area contributed by atoms with Gasteiger partial charge in [-0.2, -0.15) is 0 Å². The van der Waals surface area contributed by atoms with Crippen LogP contribution in [0.15, 0.2) is 0 Å². The Labute approximate surface area is 123 Å². The molecule has 0 aromatic rings. The molecule has 1 saturated carbocycles. The number of nitrogens with zero attached hydrogens (tertiary/aromatic N) is 2. The number of likely N-dealkylation sites (tertiary alicyclic amines) is 1. The first-order chi connectivity index (χ1) is 9.64. The molecule has 1 amide bonds. The molecular formula is C16H31N3O. The summed E-state index contributed by atoms with van der Waals surface area (Å²) in [7, 11) is 4.34. The summed E-state index contributed by atoms with van der Waals surface area (Å²) in [5, 5.41) is 3.43. The Morgan fingerprint density at radius 1 is 1.05 bits per heavy atom. The summed E-state index contributed by atoms with van der Waals surface area (Å²) in [6.45, 7) is 3.37.